The van der Waals surface area contributed by atoms with Crippen molar-refractivity contribution in [3.05, 3.63) is 0 Å². The lowest BCUT2D eigenvalue weighted by molar-refractivity contribution is -0.171. The molecule has 0 saturated carbocycles. The van der Waals surface area contributed by atoms with Crippen molar-refractivity contribution in [1.82, 2.24) is 0 Å². The van der Waals surface area contributed by atoms with Crippen molar-refractivity contribution < 1.29 is 28.4 Å². The van der Waals surface area contributed by atoms with Gasteiger partial charge in [-0.25, -0.2) is 0 Å². The second-order valence-corrected chi connectivity index (χ2v) is 4.79. The van der Waals surface area contributed by atoms with Crippen molar-refractivity contribution in [3.63, 3.8) is 0 Å². The minimum atomic E-state index is -0.316. The summed E-state index contributed by atoms with van der Waals surface area (Å²) >= 11 is 0. The standard InChI is InChI=1S/C14H30O6/c1-10(2)20-9-12(17-5)14(19-7)13(18-6)11(16-4)8-15-3/h10-14H,8-9H2,1-7H3. The highest BCUT2D eigenvalue weighted by Gasteiger charge is 2.36. The van der Waals surface area contributed by atoms with E-state index in [1.54, 1.807) is 35.5 Å². The van der Waals surface area contributed by atoms with E-state index in [0.717, 1.165) is 0 Å². The van der Waals surface area contributed by atoms with Crippen LogP contribution in [0.2, 0.25) is 0 Å². The highest BCUT2D eigenvalue weighted by atomic mass is 16.6. The van der Waals surface area contributed by atoms with Gasteiger partial charge in [0.05, 0.1) is 19.3 Å². The molecule has 0 heterocycles. The van der Waals surface area contributed by atoms with Gasteiger partial charge in [0.15, 0.2) is 0 Å². The average Bonchev–Trinajstić information content (AvgIpc) is 2.44. The summed E-state index contributed by atoms with van der Waals surface area (Å²) in [7, 11) is 8.11. The normalized spacial score (nSPS) is 18.0. The molecule has 20 heavy (non-hydrogen) atoms. The van der Waals surface area contributed by atoms with Crippen LogP contribution in [0.4, 0.5) is 0 Å². The number of rotatable bonds is 12. The molecule has 0 aliphatic heterocycles. The summed E-state index contributed by atoms with van der Waals surface area (Å²) in [6.07, 6.45) is -0.994. The molecule has 0 bridgehead atoms. The SMILES string of the molecule is COCC(OC)C(OC)C(OC)C(COC(C)C)OC. The summed E-state index contributed by atoms with van der Waals surface area (Å²) in [5.74, 6) is 0. The van der Waals surface area contributed by atoms with Gasteiger partial charge in [-0.15, -0.1) is 0 Å². The average molecular weight is 294 g/mol. The molecule has 0 amide bonds. The Labute approximate surface area is 122 Å². The van der Waals surface area contributed by atoms with E-state index in [4.69, 9.17) is 28.4 Å². The van der Waals surface area contributed by atoms with E-state index < -0.39 is 0 Å². The van der Waals surface area contributed by atoms with Crippen LogP contribution in [0.25, 0.3) is 0 Å². The maximum absolute atomic E-state index is 5.61. The first-order valence-corrected chi connectivity index (χ1v) is 6.77. The highest BCUT2D eigenvalue weighted by molar-refractivity contribution is 4.85. The maximum atomic E-state index is 5.61. The lowest BCUT2D eigenvalue weighted by Crippen LogP contribution is -2.51. The van der Waals surface area contributed by atoms with Gasteiger partial charge in [-0.3, -0.25) is 0 Å². The second kappa shape index (κ2) is 11.4. The van der Waals surface area contributed by atoms with E-state index in [1.165, 1.54) is 0 Å². The Morgan fingerprint density at radius 2 is 1.10 bits per heavy atom. The van der Waals surface area contributed by atoms with E-state index in [0.29, 0.717) is 13.2 Å². The van der Waals surface area contributed by atoms with Crippen LogP contribution in [-0.4, -0.2) is 79.3 Å². The maximum Gasteiger partial charge on any atom is 0.114 e. The minimum absolute atomic E-state index is 0.128. The molecule has 4 unspecified atom stereocenters. The highest BCUT2D eigenvalue weighted by Crippen LogP contribution is 2.17. The first-order valence-electron chi connectivity index (χ1n) is 6.77. The quantitative estimate of drug-likeness (QED) is 0.537. The number of hydrogen-bond donors (Lipinski definition) is 0. The molecule has 0 aromatic rings. The molecule has 6 nitrogen and oxygen atoms in total. The van der Waals surface area contributed by atoms with Crippen molar-refractivity contribution in [2.24, 2.45) is 0 Å². The minimum Gasteiger partial charge on any atom is -0.382 e. The third-order valence-corrected chi connectivity index (χ3v) is 3.13. The molecule has 0 aliphatic rings. The third-order valence-electron chi connectivity index (χ3n) is 3.13. The smallest absolute Gasteiger partial charge is 0.114 e. The van der Waals surface area contributed by atoms with Crippen LogP contribution in [0.15, 0.2) is 0 Å². The summed E-state index contributed by atoms with van der Waals surface area (Å²) in [6.45, 7) is 4.79. The van der Waals surface area contributed by atoms with Crippen molar-refractivity contribution in [3.8, 4) is 0 Å². The fourth-order valence-electron chi connectivity index (χ4n) is 2.04. The topological polar surface area (TPSA) is 55.4 Å². The molecular weight excluding hydrogens is 264 g/mol. The molecule has 0 N–H and O–H groups in total. The summed E-state index contributed by atoms with van der Waals surface area (Å²) < 4.78 is 32.8. The van der Waals surface area contributed by atoms with Crippen LogP contribution in [0.3, 0.4) is 0 Å². The van der Waals surface area contributed by atoms with E-state index >= 15 is 0 Å². The number of methoxy groups -OCH3 is 5. The van der Waals surface area contributed by atoms with Gasteiger partial charge < -0.3 is 28.4 Å². The summed E-state index contributed by atoms with van der Waals surface area (Å²) in [4.78, 5) is 0. The number of hydrogen-bond acceptors (Lipinski definition) is 6. The molecular formula is C14H30O6. The molecule has 0 aromatic carbocycles. The van der Waals surface area contributed by atoms with Gasteiger partial charge in [0.25, 0.3) is 0 Å². The first kappa shape index (κ1) is 19.8. The van der Waals surface area contributed by atoms with E-state index in [1.807, 2.05) is 13.8 Å². The molecule has 0 aliphatic carbocycles. The van der Waals surface area contributed by atoms with Crippen LogP contribution in [-0.2, 0) is 28.4 Å². The molecule has 0 fully saturated rings. The van der Waals surface area contributed by atoms with E-state index in [-0.39, 0.29) is 30.5 Å². The van der Waals surface area contributed by atoms with Gasteiger partial charge in [0.2, 0.25) is 0 Å². The summed E-state index contributed by atoms with van der Waals surface area (Å²) in [5, 5.41) is 0. The zero-order valence-corrected chi connectivity index (χ0v) is 13.8. The Balaban J connectivity index is 4.85. The van der Waals surface area contributed by atoms with Crippen LogP contribution in [0, 0.1) is 0 Å². The lowest BCUT2D eigenvalue weighted by atomic mass is 10.0. The predicted octanol–water partition coefficient (Wildman–Crippen LogP) is 1.12. The molecule has 0 saturated heterocycles. The van der Waals surface area contributed by atoms with E-state index in [2.05, 4.69) is 0 Å². The Kier molecular flexibility index (Phi) is 11.3. The largest absolute Gasteiger partial charge is 0.382 e. The predicted molar refractivity (Wildman–Crippen MR) is 76.2 cm³/mol. The van der Waals surface area contributed by atoms with Gasteiger partial charge in [0, 0.05) is 35.5 Å². The van der Waals surface area contributed by atoms with E-state index in [9.17, 15) is 0 Å². The molecule has 122 valence electrons. The molecule has 6 heteroatoms. The molecule has 4 atom stereocenters. The number of ether oxygens (including phenoxy) is 6. The molecule has 0 aromatic heterocycles. The van der Waals surface area contributed by atoms with Crippen molar-refractivity contribution >= 4 is 0 Å². The Bertz CT molecular complexity index is 224. The van der Waals surface area contributed by atoms with Crippen molar-refractivity contribution in [2.45, 2.75) is 44.4 Å². The first-order chi connectivity index (χ1) is 9.55. The van der Waals surface area contributed by atoms with Gasteiger partial charge in [-0.2, -0.15) is 0 Å². The monoisotopic (exact) mass is 294 g/mol. The zero-order chi connectivity index (χ0) is 15.5. The molecule has 0 radical (unpaired) electrons. The van der Waals surface area contributed by atoms with Crippen LogP contribution in [0.1, 0.15) is 13.8 Å². The van der Waals surface area contributed by atoms with Gasteiger partial charge in [0.1, 0.15) is 24.4 Å². The van der Waals surface area contributed by atoms with Crippen LogP contribution < -0.4 is 0 Å². The molecule has 0 rings (SSSR count). The third kappa shape index (κ3) is 6.47. The van der Waals surface area contributed by atoms with Gasteiger partial charge in [-0.05, 0) is 13.8 Å². The summed E-state index contributed by atoms with van der Waals surface area (Å²) in [5.41, 5.74) is 0. The van der Waals surface area contributed by atoms with Gasteiger partial charge >= 0.3 is 0 Å². The lowest BCUT2D eigenvalue weighted by Gasteiger charge is -2.34. The fraction of sp³-hybridized carbons (Fsp3) is 1.00. The van der Waals surface area contributed by atoms with Crippen molar-refractivity contribution in [2.75, 3.05) is 48.8 Å². The van der Waals surface area contributed by atoms with Crippen molar-refractivity contribution in [1.29, 1.82) is 0 Å². The molecule has 0 spiro atoms. The Morgan fingerprint density at radius 1 is 0.650 bits per heavy atom. The Morgan fingerprint density at radius 3 is 1.40 bits per heavy atom. The van der Waals surface area contributed by atoms with Crippen LogP contribution in [0.5, 0.6) is 0 Å². The zero-order valence-electron chi connectivity index (χ0n) is 13.8. The van der Waals surface area contributed by atoms with Gasteiger partial charge in [-0.1, -0.05) is 0 Å². The Hall–Kier alpha value is -0.240. The fourth-order valence-corrected chi connectivity index (χ4v) is 2.04. The second-order valence-electron chi connectivity index (χ2n) is 4.79. The summed E-state index contributed by atoms with van der Waals surface area (Å²) in [6, 6.07) is 0. The van der Waals surface area contributed by atoms with Crippen LogP contribution >= 0.6 is 0 Å².